The molecule has 5 nitrogen and oxygen atoms in total. The molecular weight excluding hydrogens is 313 g/mol. The van der Waals surface area contributed by atoms with Crippen molar-refractivity contribution in [2.45, 2.75) is 13.0 Å². The molecule has 0 saturated heterocycles. The summed E-state index contributed by atoms with van der Waals surface area (Å²) in [5.41, 5.74) is 1.37. The van der Waals surface area contributed by atoms with Crippen LogP contribution in [0.3, 0.4) is 0 Å². The number of carbonyl (C=O) groups excluding carboxylic acids is 2. The van der Waals surface area contributed by atoms with Crippen molar-refractivity contribution < 1.29 is 23.5 Å². The fraction of sp³-hybridized carbons (Fsp3) is 0.222. The van der Waals surface area contributed by atoms with Crippen LogP contribution in [0.1, 0.15) is 39.2 Å². The van der Waals surface area contributed by atoms with Gasteiger partial charge in [-0.3, -0.25) is 4.79 Å². The van der Waals surface area contributed by atoms with E-state index in [0.717, 1.165) is 0 Å². The van der Waals surface area contributed by atoms with Gasteiger partial charge in [0, 0.05) is 5.56 Å². The molecule has 0 saturated carbocycles. The van der Waals surface area contributed by atoms with Gasteiger partial charge in [-0.1, -0.05) is 6.07 Å². The first-order chi connectivity index (χ1) is 11.5. The summed E-state index contributed by atoms with van der Waals surface area (Å²) in [6.45, 7) is 1.75. The van der Waals surface area contributed by atoms with Gasteiger partial charge < -0.3 is 14.8 Å². The summed E-state index contributed by atoms with van der Waals surface area (Å²) >= 11 is 0. The van der Waals surface area contributed by atoms with Crippen molar-refractivity contribution >= 4 is 11.9 Å². The summed E-state index contributed by atoms with van der Waals surface area (Å²) in [7, 11) is 2.68. The zero-order valence-electron chi connectivity index (χ0n) is 13.6. The highest BCUT2D eigenvalue weighted by atomic mass is 19.1. The maximum absolute atomic E-state index is 13.7. The van der Waals surface area contributed by atoms with Crippen molar-refractivity contribution in [1.29, 1.82) is 0 Å². The van der Waals surface area contributed by atoms with Crippen molar-refractivity contribution in [2.75, 3.05) is 14.2 Å². The summed E-state index contributed by atoms with van der Waals surface area (Å²) in [6, 6.07) is 10.2. The third-order valence-corrected chi connectivity index (χ3v) is 3.59. The molecule has 2 aromatic carbocycles. The Hall–Kier alpha value is -2.89. The van der Waals surface area contributed by atoms with Gasteiger partial charge in [0.1, 0.15) is 0 Å². The van der Waals surface area contributed by atoms with Gasteiger partial charge in [-0.25, -0.2) is 9.18 Å². The second-order valence-electron chi connectivity index (χ2n) is 5.16. The SMILES string of the molecule is COC(=O)c1ccc(C(=O)N[C@H](C)c2ccc(OC)c(F)c2)cc1. The number of hydrogen-bond acceptors (Lipinski definition) is 4. The second-order valence-corrected chi connectivity index (χ2v) is 5.16. The number of carbonyl (C=O) groups is 2. The van der Waals surface area contributed by atoms with E-state index in [1.165, 1.54) is 50.6 Å². The summed E-state index contributed by atoms with van der Waals surface area (Å²) < 4.78 is 23.2. The zero-order chi connectivity index (χ0) is 17.7. The number of hydrogen-bond donors (Lipinski definition) is 1. The third-order valence-electron chi connectivity index (χ3n) is 3.59. The summed E-state index contributed by atoms with van der Waals surface area (Å²) in [5, 5.41) is 2.78. The molecule has 0 aliphatic rings. The predicted octanol–water partition coefficient (Wildman–Crippen LogP) is 3.11. The molecule has 6 heteroatoms. The van der Waals surface area contributed by atoms with Crippen LogP contribution in [-0.2, 0) is 4.74 Å². The molecule has 1 atom stereocenters. The van der Waals surface area contributed by atoms with E-state index in [-0.39, 0.29) is 11.7 Å². The fourth-order valence-corrected chi connectivity index (χ4v) is 2.19. The van der Waals surface area contributed by atoms with Crippen molar-refractivity contribution in [3.63, 3.8) is 0 Å². The zero-order valence-corrected chi connectivity index (χ0v) is 13.6. The van der Waals surface area contributed by atoms with Crippen molar-refractivity contribution in [2.24, 2.45) is 0 Å². The molecule has 1 amide bonds. The number of halogens is 1. The fourth-order valence-electron chi connectivity index (χ4n) is 2.19. The van der Waals surface area contributed by atoms with Crippen LogP contribution in [0.25, 0.3) is 0 Å². The second kappa shape index (κ2) is 7.59. The largest absolute Gasteiger partial charge is 0.494 e. The van der Waals surface area contributed by atoms with Crippen LogP contribution in [0.4, 0.5) is 4.39 Å². The molecule has 0 bridgehead atoms. The number of amides is 1. The highest BCUT2D eigenvalue weighted by Crippen LogP contribution is 2.22. The van der Waals surface area contributed by atoms with Crippen LogP contribution in [-0.4, -0.2) is 26.1 Å². The molecule has 126 valence electrons. The Morgan fingerprint density at radius 2 is 1.67 bits per heavy atom. The van der Waals surface area contributed by atoms with E-state index in [0.29, 0.717) is 16.7 Å². The lowest BCUT2D eigenvalue weighted by Crippen LogP contribution is -2.26. The minimum absolute atomic E-state index is 0.149. The highest BCUT2D eigenvalue weighted by molar-refractivity contribution is 5.96. The van der Waals surface area contributed by atoms with Gasteiger partial charge in [-0.2, -0.15) is 0 Å². The molecule has 0 aromatic heterocycles. The smallest absolute Gasteiger partial charge is 0.337 e. The molecule has 0 radical (unpaired) electrons. The van der Waals surface area contributed by atoms with Crippen molar-refractivity contribution in [1.82, 2.24) is 5.32 Å². The molecule has 0 unspecified atom stereocenters. The first kappa shape index (κ1) is 17.5. The maximum atomic E-state index is 13.7. The van der Waals surface area contributed by atoms with Gasteiger partial charge in [0.05, 0.1) is 25.8 Å². The molecule has 1 N–H and O–H groups in total. The van der Waals surface area contributed by atoms with Gasteiger partial charge in [-0.05, 0) is 48.9 Å². The van der Waals surface area contributed by atoms with Crippen molar-refractivity contribution in [3.8, 4) is 5.75 Å². The number of methoxy groups -OCH3 is 2. The van der Waals surface area contributed by atoms with Gasteiger partial charge in [0.2, 0.25) is 0 Å². The Morgan fingerprint density at radius 1 is 1.04 bits per heavy atom. The average molecular weight is 331 g/mol. The topological polar surface area (TPSA) is 64.6 Å². The van der Waals surface area contributed by atoms with Crippen LogP contribution in [0.15, 0.2) is 42.5 Å². The van der Waals surface area contributed by atoms with E-state index in [9.17, 15) is 14.0 Å². The Balaban J connectivity index is 2.08. The molecule has 0 spiro atoms. The van der Waals surface area contributed by atoms with Gasteiger partial charge in [0.25, 0.3) is 5.91 Å². The van der Waals surface area contributed by atoms with Gasteiger partial charge in [0.15, 0.2) is 11.6 Å². The molecule has 0 aliphatic heterocycles. The molecule has 0 aliphatic carbocycles. The first-order valence-corrected chi connectivity index (χ1v) is 7.29. The third kappa shape index (κ3) is 3.90. The first-order valence-electron chi connectivity index (χ1n) is 7.29. The predicted molar refractivity (Wildman–Crippen MR) is 86.6 cm³/mol. The lowest BCUT2D eigenvalue weighted by molar-refractivity contribution is 0.0600. The Bertz CT molecular complexity index is 743. The lowest BCUT2D eigenvalue weighted by Gasteiger charge is -2.15. The quantitative estimate of drug-likeness (QED) is 0.855. The van der Waals surface area contributed by atoms with Crippen LogP contribution in [0.5, 0.6) is 5.75 Å². The average Bonchev–Trinajstić information content (AvgIpc) is 2.60. The van der Waals surface area contributed by atoms with E-state index >= 15 is 0 Å². The molecule has 0 heterocycles. The normalized spacial score (nSPS) is 11.5. The van der Waals surface area contributed by atoms with Gasteiger partial charge in [-0.15, -0.1) is 0 Å². The Morgan fingerprint density at radius 3 is 2.21 bits per heavy atom. The number of esters is 1. The summed E-state index contributed by atoms with van der Waals surface area (Å²) in [4.78, 5) is 23.6. The Labute approximate surface area is 139 Å². The Kier molecular flexibility index (Phi) is 5.52. The molecule has 2 rings (SSSR count). The molecule has 2 aromatic rings. The number of benzene rings is 2. The standard InChI is InChI=1S/C18H18FNO4/c1-11(14-8-9-16(23-2)15(19)10-14)20-17(21)12-4-6-13(7-5-12)18(22)24-3/h4-11H,1-3H3,(H,20,21)/t11-/m1/s1. The van der Waals surface area contributed by atoms with Crippen LogP contribution < -0.4 is 10.1 Å². The maximum Gasteiger partial charge on any atom is 0.337 e. The summed E-state index contributed by atoms with van der Waals surface area (Å²) in [5.74, 6) is -1.13. The van der Waals surface area contributed by atoms with E-state index in [2.05, 4.69) is 10.1 Å². The lowest BCUT2D eigenvalue weighted by atomic mass is 10.1. The highest BCUT2D eigenvalue weighted by Gasteiger charge is 2.14. The van der Waals surface area contributed by atoms with E-state index < -0.39 is 17.8 Å². The van der Waals surface area contributed by atoms with Crippen LogP contribution >= 0.6 is 0 Å². The number of rotatable bonds is 5. The van der Waals surface area contributed by atoms with E-state index in [1.54, 1.807) is 13.0 Å². The number of ether oxygens (including phenoxy) is 2. The van der Waals surface area contributed by atoms with E-state index in [1.807, 2.05) is 0 Å². The van der Waals surface area contributed by atoms with E-state index in [4.69, 9.17) is 4.74 Å². The van der Waals surface area contributed by atoms with Crippen LogP contribution in [0, 0.1) is 5.82 Å². The minimum Gasteiger partial charge on any atom is -0.494 e. The molecular formula is C18H18FNO4. The van der Waals surface area contributed by atoms with Gasteiger partial charge >= 0.3 is 5.97 Å². The van der Waals surface area contributed by atoms with Crippen molar-refractivity contribution in [3.05, 3.63) is 65.0 Å². The van der Waals surface area contributed by atoms with Crippen LogP contribution in [0.2, 0.25) is 0 Å². The molecule has 24 heavy (non-hydrogen) atoms. The summed E-state index contributed by atoms with van der Waals surface area (Å²) in [6.07, 6.45) is 0. The monoisotopic (exact) mass is 331 g/mol. The number of nitrogens with one attached hydrogen (secondary N) is 1. The minimum atomic E-state index is -0.487. The molecule has 0 fully saturated rings.